The van der Waals surface area contributed by atoms with Crippen molar-refractivity contribution in [1.29, 1.82) is 0 Å². The van der Waals surface area contributed by atoms with Gasteiger partial charge in [0.2, 0.25) is 0 Å². The zero-order valence-electron chi connectivity index (χ0n) is 17.3. The molecule has 0 saturated carbocycles. The molecule has 34 heavy (non-hydrogen) atoms. The van der Waals surface area contributed by atoms with Gasteiger partial charge in [0.1, 0.15) is 6.61 Å². The van der Waals surface area contributed by atoms with Crippen LogP contribution in [0.1, 0.15) is 11.1 Å². The first-order valence-corrected chi connectivity index (χ1v) is 10.3. The molecule has 0 aliphatic heterocycles. The standard InChI is InChI=1S/C22H16BrF7N2O2/c1-33-18-9-16(11-31-32-22(29,30)20(24,25)21(26,27)28)17(23)10-19(18)34-12-13-6-7-14-4-2-3-5-15(14)8-13/h2-11,32H,12H2,1H3/b31-11+. The predicted octanol–water partition coefficient (Wildman–Crippen LogP) is 6.90. The second-order valence-corrected chi connectivity index (χ2v) is 7.87. The van der Waals surface area contributed by atoms with Gasteiger partial charge in [-0.1, -0.05) is 36.4 Å². The molecule has 0 heterocycles. The van der Waals surface area contributed by atoms with Crippen LogP contribution in [0.3, 0.4) is 0 Å². The molecule has 182 valence electrons. The molecule has 3 aromatic carbocycles. The van der Waals surface area contributed by atoms with Crippen molar-refractivity contribution >= 4 is 32.9 Å². The Morgan fingerprint density at radius 3 is 2.24 bits per heavy atom. The van der Waals surface area contributed by atoms with Gasteiger partial charge in [-0.25, -0.2) is 5.43 Å². The highest BCUT2D eigenvalue weighted by Gasteiger charge is 2.73. The number of methoxy groups -OCH3 is 1. The minimum absolute atomic E-state index is 0.0496. The number of hydrogen-bond acceptors (Lipinski definition) is 4. The molecular formula is C22H16BrF7N2O2. The van der Waals surface area contributed by atoms with Crippen molar-refractivity contribution in [3.63, 3.8) is 0 Å². The fraction of sp³-hybridized carbons (Fsp3) is 0.227. The molecule has 0 aliphatic carbocycles. The summed E-state index contributed by atoms with van der Waals surface area (Å²) >= 11 is 3.15. The van der Waals surface area contributed by atoms with E-state index >= 15 is 0 Å². The van der Waals surface area contributed by atoms with Crippen LogP contribution in [-0.4, -0.2) is 31.5 Å². The Kier molecular flexibility index (Phi) is 7.29. The molecule has 4 nitrogen and oxygen atoms in total. The van der Waals surface area contributed by atoms with Gasteiger partial charge in [-0.15, -0.1) is 0 Å². The van der Waals surface area contributed by atoms with Crippen molar-refractivity contribution < 1.29 is 40.2 Å². The van der Waals surface area contributed by atoms with E-state index in [0.29, 0.717) is 11.6 Å². The summed E-state index contributed by atoms with van der Waals surface area (Å²) in [5, 5.41) is 4.93. The Morgan fingerprint density at radius 1 is 0.912 bits per heavy atom. The molecule has 0 aliphatic rings. The zero-order chi connectivity index (χ0) is 25.1. The maximum Gasteiger partial charge on any atom is 0.462 e. The lowest BCUT2D eigenvalue weighted by Gasteiger charge is -2.27. The van der Waals surface area contributed by atoms with Gasteiger partial charge in [-0.05, 0) is 50.5 Å². The highest BCUT2D eigenvalue weighted by Crippen LogP contribution is 2.45. The molecular weight excluding hydrogens is 537 g/mol. The summed E-state index contributed by atoms with van der Waals surface area (Å²) in [5.41, 5.74) is 1.48. The van der Waals surface area contributed by atoms with Crippen molar-refractivity contribution in [2.24, 2.45) is 5.10 Å². The molecule has 3 rings (SSSR count). The van der Waals surface area contributed by atoms with E-state index < -0.39 is 18.1 Å². The van der Waals surface area contributed by atoms with Gasteiger partial charge in [-0.2, -0.15) is 35.8 Å². The molecule has 0 saturated heterocycles. The number of nitrogens with zero attached hydrogens (tertiary/aromatic N) is 1. The zero-order valence-corrected chi connectivity index (χ0v) is 18.9. The minimum Gasteiger partial charge on any atom is -0.493 e. The number of rotatable bonds is 8. The number of halogens is 8. The second kappa shape index (κ2) is 9.69. The normalized spacial score (nSPS) is 12.9. The summed E-state index contributed by atoms with van der Waals surface area (Å²) < 4.78 is 100. The first-order valence-electron chi connectivity index (χ1n) is 9.46. The van der Waals surface area contributed by atoms with E-state index in [-0.39, 0.29) is 28.1 Å². The first kappa shape index (κ1) is 25.6. The second-order valence-electron chi connectivity index (χ2n) is 7.01. The van der Waals surface area contributed by atoms with E-state index in [4.69, 9.17) is 9.47 Å². The third-order valence-electron chi connectivity index (χ3n) is 4.65. The van der Waals surface area contributed by atoms with Crippen LogP contribution >= 0.6 is 15.9 Å². The molecule has 0 radical (unpaired) electrons. The molecule has 1 N–H and O–H groups in total. The largest absolute Gasteiger partial charge is 0.493 e. The van der Waals surface area contributed by atoms with Crippen molar-refractivity contribution in [2.45, 2.75) is 24.8 Å². The highest BCUT2D eigenvalue weighted by atomic mass is 79.9. The fourth-order valence-corrected chi connectivity index (χ4v) is 3.27. The summed E-state index contributed by atoms with van der Waals surface area (Å²) in [6.07, 6.45) is -5.83. The first-order chi connectivity index (χ1) is 15.9. The van der Waals surface area contributed by atoms with Crippen molar-refractivity contribution in [2.75, 3.05) is 7.11 Å². The molecule has 3 aromatic rings. The van der Waals surface area contributed by atoms with Crippen LogP contribution in [0, 0.1) is 0 Å². The number of ether oxygens (including phenoxy) is 2. The van der Waals surface area contributed by atoms with E-state index in [2.05, 4.69) is 21.0 Å². The number of hydrazone groups is 1. The summed E-state index contributed by atoms with van der Waals surface area (Å²) in [6, 6.07) is 10.5. The van der Waals surface area contributed by atoms with Crippen molar-refractivity contribution in [3.8, 4) is 11.5 Å². The third kappa shape index (κ3) is 5.37. The van der Waals surface area contributed by atoms with Gasteiger partial charge < -0.3 is 9.47 Å². The molecule has 0 fully saturated rings. The third-order valence-corrected chi connectivity index (χ3v) is 5.34. The summed E-state index contributed by atoms with van der Waals surface area (Å²) in [4.78, 5) is 0. The number of fused-ring (bicyclic) bond motifs is 1. The van der Waals surface area contributed by atoms with E-state index in [1.54, 1.807) is 0 Å². The van der Waals surface area contributed by atoms with Crippen LogP contribution in [0.25, 0.3) is 10.8 Å². The van der Waals surface area contributed by atoms with Crippen LogP contribution in [0.15, 0.2) is 64.2 Å². The number of alkyl halides is 7. The summed E-state index contributed by atoms with van der Waals surface area (Å²) in [6.45, 7) is 0.168. The Morgan fingerprint density at radius 2 is 1.59 bits per heavy atom. The van der Waals surface area contributed by atoms with Crippen LogP contribution in [0.2, 0.25) is 0 Å². The molecule has 0 aromatic heterocycles. The Hall–Kier alpha value is -3.02. The minimum atomic E-state index is -6.47. The Labute approximate surface area is 197 Å². The molecule has 0 atom stereocenters. The van der Waals surface area contributed by atoms with Crippen LogP contribution < -0.4 is 14.9 Å². The van der Waals surface area contributed by atoms with Gasteiger partial charge in [0.05, 0.1) is 13.3 Å². The van der Waals surface area contributed by atoms with Crippen molar-refractivity contribution in [1.82, 2.24) is 5.43 Å². The van der Waals surface area contributed by atoms with Crippen LogP contribution in [0.5, 0.6) is 11.5 Å². The maximum atomic E-state index is 13.3. The molecule has 0 spiro atoms. The molecule has 12 heteroatoms. The number of nitrogens with one attached hydrogen (secondary N) is 1. The lowest BCUT2D eigenvalue weighted by molar-refractivity contribution is -0.361. The monoisotopic (exact) mass is 552 g/mol. The molecule has 0 unspecified atom stereocenters. The predicted molar refractivity (Wildman–Crippen MR) is 116 cm³/mol. The lowest BCUT2D eigenvalue weighted by Crippen LogP contribution is -2.58. The van der Waals surface area contributed by atoms with Gasteiger partial charge in [0.25, 0.3) is 0 Å². The topological polar surface area (TPSA) is 42.8 Å². The maximum absolute atomic E-state index is 13.3. The summed E-state index contributed by atoms with van der Waals surface area (Å²) in [7, 11) is 1.31. The van der Waals surface area contributed by atoms with E-state index in [1.807, 2.05) is 42.5 Å². The van der Waals surface area contributed by atoms with Gasteiger partial charge in [0, 0.05) is 10.0 Å². The van der Waals surface area contributed by atoms with E-state index in [0.717, 1.165) is 16.3 Å². The quantitative estimate of drug-likeness (QED) is 0.143. The lowest BCUT2D eigenvalue weighted by atomic mass is 10.1. The Balaban J connectivity index is 1.75. The van der Waals surface area contributed by atoms with E-state index in [1.165, 1.54) is 19.2 Å². The van der Waals surface area contributed by atoms with Gasteiger partial charge >= 0.3 is 18.1 Å². The molecule has 0 bridgehead atoms. The number of hydrogen-bond donors (Lipinski definition) is 1. The SMILES string of the molecule is COc1cc(/C=N/NC(F)(F)C(F)(F)C(F)(F)F)c(Br)cc1OCc1ccc2ccccc2c1. The average molecular weight is 553 g/mol. The smallest absolute Gasteiger partial charge is 0.462 e. The number of benzene rings is 3. The van der Waals surface area contributed by atoms with Gasteiger partial charge in [-0.3, -0.25) is 0 Å². The fourth-order valence-electron chi connectivity index (χ4n) is 2.84. The van der Waals surface area contributed by atoms with Gasteiger partial charge in [0.15, 0.2) is 11.5 Å². The molecule has 0 amide bonds. The average Bonchev–Trinajstić information content (AvgIpc) is 2.77. The highest BCUT2D eigenvalue weighted by molar-refractivity contribution is 9.10. The van der Waals surface area contributed by atoms with E-state index in [9.17, 15) is 30.7 Å². The Bertz CT molecular complexity index is 1200. The van der Waals surface area contributed by atoms with Crippen molar-refractivity contribution in [3.05, 3.63) is 70.2 Å². The van der Waals surface area contributed by atoms with Crippen LogP contribution in [-0.2, 0) is 6.61 Å². The van der Waals surface area contributed by atoms with Crippen LogP contribution in [0.4, 0.5) is 30.7 Å². The summed E-state index contributed by atoms with van der Waals surface area (Å²) in [5.74, 6) is -5.91.